The number of carbonyl (C=O) groups is 1. The van der Waals surface area contributed by atoms with E-state index in [1.165, 1.54) is 11.9 Å². The highest BCUT2D eigenvalue weighted by Crippen LogP contribution is 2.08. The SMILES string of the molecule is O=C(N/N=C(\c1ccccc1)c1ccccn1)NSCCc1ccccn1. The van der Waals surface area contributed by atoms with Gasteiger partial charge in [0, 0.05) is 35.8 Å². The summed E-state index contributed by atoms with van der Waals surface area (Å²) < 4.78 is 2.72. The zero-order chi connectivity index (χ0) is 18.7. The highest BCUT2D eigenvalue weighted by atomic mass is 32.2. The van der Waals surface area contributed by atoms with E-state index in [1.807, 2.05) is 66.7 Å². The summed E-state index contributed by atoms with van der Waals surface area (Å²) >= 11 is 1.31. The van der Waals surface area contributed by atoms with Gasteiger partial charge in [0.1, 0.15) is 5.71 Å². The van der Waals surface area contributed by atoms with E-state index in [4.69, 9.17) is 0 Å². The van der Waals surface area contributed by atoms with Crippen molar-refractivity contribution in [3.8, 4) is 0 Å². The summed E-state index contributed by atoms with van der Waals surface area (Å²) in [5.74, 6) is 0.722. The number of aryl methyl sites for hydroxylation is 1. The van der Waals surface area contributed by atoms with Crippen LogP contribution in [0, 0.1) is 0 Å². The molecule has 136 valence electrons. The number of rotatable bonds is 7. The zero-order valence-corrected chi connectivity index (χ0v) is 15.4. The number of hydrazone groups is 1. The molecule has 0 aliphatic rings. The highest BCUT2D eigenvalue weighted by molar-refractivity contribution is 7.97. The summed E-state index contributed by atoms with van der Waals surface area (Å²) in [6, 6.07) is 20.6. The number of nitrogens with zero attached hydrogens (tertiary/aromatic N) is 3. The minimum absolute atomic E-state index is 0.384. The topological polar surface area (TPSA) is 79.3 Å². The van der Waals surface area contributed by atoms with Crippen LogP contribution in [0.2, 0.25) is 0 Å². The Morgan fingerprint density at radius 2 is 1.67 bits per heavy atom. The van der Waals surface area contributed by atoms with Gasteiger partial charge in [0.05, 0.1) is 5.69 Å². The Hall–Kier alpha value is -3.19. The monoisotopic (exact) mass is 377 g/mol. The maximum Gasteiger partial charge on any atom is 0.345 e. The van der Waals surface area contributed by atoms with E-state index in [9.17, 15) is 4.79 Å². The summed E-state index contributed by atoms with van der Waals surface area (Å²) in [7, 11) is 0. The molecular formula is C20H19N5OS. The fraction of sp³-hybridized carbons (Fsp3) is 0.100. The van der Waals surface area contributed by atoms with Gasteiger partial charge in [-0.05, 0) is 36.2 Å². The molecule has 0 spiro atoms. The molecule has 0 bridgehead atoms. The lowest BCUT2D eigenvalue weighted by Crippen LogP contribution is -2.29. The Balaban J connectivity index is 1.57. The van der Waals surface area contributed by atoms with E-state index < -0.39 is 0 Å². The predicted molar refractivity (Wildman–Crippen MR) is 108 cm³/mol. The Bertz CT molecular complexity index is 831. The first-order valence-corrected chi connectivity index (χ1v) is 9.43. The van der Waals surface area contributed by atoms with Gasteiger partial charge in [0.25, 0.3) is 0 Å². The number of amides is 2. The molecule has 0 unspecified atom stereocenters. The van der Waals surface area contributed by atoms with E-state index in [-0.39, 0.29) is 6.03 Å². The van der Waals surface area contributed by atoms with Crippen LogP contribution in [0.3, 0.4) is 0 Å². The molecule has 1 aromatic carbocycles. The van der Waals surface area contributed by atoms with Crippen LogP contribution in [0.5, 0.6) is 0 Å². The number of nitrogens with one attached hydrogen (secondary N) is 2. The van der Waals surface area contributed by atoms with Crippen LogP contribution in [0.15, 0.2) is 84.2 Å². The van der Waals surface area contributed by atoms with Gasteiger partial charge in [-0.1, -0.05) is 42.5 Å². The average molecular weight is 377 g/mol. The van der Waals surface area contributed by atoms with Crippen molar-refractivity contribution in [1.29, 1.82) is 0 Å². The van der Waals surface area contributed by atoms with Crippen molar-refractivity contribution < 1.29 is 4.79 Å². The van der Waals surface area contributed by atoms with E-state index >= 15 is 0 Å². The lowest BCUT2D eigenvalue weighted by atomic mass is 10.1. The second kappa shape index (κ2) is 10.1. The summed E-state index contributed by atoms with van der Waals surface area (Å²) in [6.07, 6.45) is 4.23. The van der Waals surface area contributed by atoms with Gasteiger partial charge in [-0.3, -0.25) is 14.7 Å². The second-order valence-corrected chi connectivity index (χ2v) is 6.40. The third kappa shape index (κ3) is 5.93. The van der Waals surface area contributed by atoms with E-state index in [1.54, 1.807) is 12.4 Å². The summed E-state index contributed by atoms with van der Waals surface area (Å²) in [5, 5.41) is 4.27. The Labute approximate surface area is 162 Å². The predicted octanol–water partition coefficient (Wildman–Crippen LogP) is 3.42. The van der Waals surface area contributed by atoms with E-state index in [0.717, 1.165) is 23.4 Å². The third-order valence-corrected chi connectivity index (χ3v) is 4.31. The van der Waals surface area contributed by atoms with Crippen molar-refractivity contribution in [3.63, 3.8) is 0 Å². The van der Waals surface area contributed by atoms with Gasteiger partial charge in [0.2, 0.25) is 0 Å². The molecule has 2 heterocycles. The first-order valence-electron chi connectivity index (χ1n) is 8.45. The van der Waals surface area contributed by atoms with Crippen molar-refractivity contribution in [1.82, 2.24) is 20.1 Å². The molecule has 6 nitrogen and oxygen atoms in total. The van der Waals surface area contributed by atoms with Gasteiger partial charge in [-0.25, -0.2) is 10.2 Å². The number of hydrogen-bond acceptors (Lipinski definition) is 5. The fourth-order valence-corrected chi connectivity index (χ4v) is 2.91. The van der Waals surface area contributed by atoms with Crippen molar-refractivity contribution in [3.05, 3.63) is 96.1 Å². The van der Waals surface area contributed by atoms with E-state index in [0.29, 0.717) is 11.4 Å². The van der Waals surface area contributed by atoms with Gasteiger partial charge in [-0.15, -0.1) is 0 Å². The van der Waals surface area contributed by atoms with Gasteiger partial charge < -0.3 is 0 Å². The molecule has 0 atom stereocenters. The maximum absolute atomic E-state index is 12.0. The lowest BCUT2D eigenvalue weighted by molar-refractivity contribution is 0.247. The van der Waals surface area contributed by atoms with Crippen LogP contribution in [-0.4, -0.2) is 27.5 Å². The van der Waals surface area contributed by atoms with Crippen LogP contribution in [0.25, 0.3) is 0 Å². The number of benzene rings is 1. The number of urea groups is 1. The minimum atomic E-state index is -0.384. The minimum Gasteiger partial charge on any atom is -0.280 e. The molecule has 0 aliphatic heterocycles. The molecular weight excluding hydrogens is 358 g/mol. The van der Waals surface area contributed by atoms with Gasteiger partial charge >= 0.3 is 6.03 Å². The standard InChI is InChI=1S/C20H19N5OS/c26-20(25-27-15-12-17-10-4-6-13-21-17)24-23-19(16-8-2-1-3-9-16)18-11-5-7-14-22-18/h1-11,13-14H,12,15H2,(H2,24,25,26)/b23-19+. The zero-order valence-electron chi connectivity index (χ0n) is 14.6. The molecule has 2 amide bonds. The summed E-state index contributed by atoms with van der Waals surface area (Å²) in [4.78, 5) is 20.6. The third-order valence-electron chi connectivity index (χ3n) is 3.58. The number of aromatic nitrogens is 2. The molecule has 2 aromatic heterocycles. The Morgan fingerprint density at radius 3 is 2.37 bits per heavy atom. The van der Waals surface area contributed by atoms with Crippen molar-refractivity contribution in [2.45, 2.75) is 6.42 Å². The number of carbonyl (C=O) groups excluding carboxylic acids is 1. The average Bonchev–Trinajstić information content (AvgIpc) is 2.74. The van der Waals surface area contributed by atoms with Crippen LogP contribution in [-0.2, 0) is 6.42 Å². The molecule has 7 heteroatoms. The number of hydrogen-bond donors (Lipinski definition) is 2. The normalized spacial score (nSPS) is 11.0. The van der Waals surface area contributed by atoms with Gasteiger partial charge in [-0.2, -0.15) is 5.10 Å². The van der Waals surface area contributed by atoms with Crippen LogP contribution < -0.4 is 10.1 Å². The van der Waals surface area contributed by atoms with Crippen LogP contribution >= 0.6 is 11.9 Å². The maximum atomic E-state index is 12.0. The molecule has 0 fully saturated rings. The van der Waals surface area contributed by atoms with Crippen LogP contribution in [0.1, 0.15) is 17.0 Å². The largest absolute Gasteiger partial charge is 0.345 e. The Kier molecular flexibility index (Phi) is 6.94. The second-order valence-electron chi connectivity index (χ2n) is 5.50. The molecule has 3 rings (SSSR count). The Morgan fingerprint density at radius 1 is 0.926 bits per heavy atom. The van der Waals surface area contributed by atoms with Crippen molar-refractivity contribution in [2.75, 3.05) is 5.75 Å². The molecule has 2 N–H and O–H groups in total. The summed E-state index contributed by atoms with van der Waals surface area (Å²) in [5.41, 5.74) is 5.70. The molecule has 0 saturated carbocycles. The molecule has 0 radical (unpaired) electrons. The molecule has 0 aliphatic carbocycles. The molecule has 27 heavy (non-hydrogen) atoms. The summed E-state index contributed by atoms with van der Waals surface area (Å²) in [6.45, 7) is 0. The first-order chi connectivity index (χ1) is 13.3. The molecule has 3 aromatic rings. The van der Waals surface area contributed by atoms with E-state index in [2.05, 4.69) is 25.2 Å². The van der Waals surface area contributed by atoms with Gasteiger partial charge in [0.15, 0.2) is 0 Å². The molecule has 0 saturated heterocycles. The highest BCUT2D eigenvalue weighted by Gasteiger charge is 2.09. The fourth-order valence-electron chi connectivity index (χ4n) is 2.32. The van der Waals surface area contributed by atoms with Crippen molar-refractivity contribution in [2.24, 2.45) is 5.10 Å². The van der Waals surface area contributed by atoms with Crippen molar-refractivity contribution >= 4 is 23.7 Å². The first kappa shape index (κ1) is 18.6. The quantitative estimate of drug-likeness (QED) is 0.286. The lowest BCUT2D eigenvalue weighted by Gasteiger charge is -2.08. The number of pyridine rings is 2. The van der Waals surface area contributed by atoms with Crippen LogP contribution in [0.4, 0.5) is 4.79 Å². The smallest absolute Gasteiger partial charge is 0.280 e.